The van der Waals surface area contributed by atoms with Crippen LogP contribution in [0.15, 0.2) is 0 Å². The summed E-state index contributed by atoms with van der Waals surface area (Å²) >= 11 is 0. The minimum atomic E-state index is -0.723. The summed E-state index contributed by atoms with van der Waals surface area (Å²) in [6, 6.07) is 0. The topological polar surface area (TPSA) is 83.6 Å². The molecule has 1 unspecified atom stereocenters. The van der Waals surface area contributed by atoms with Gasteiger partial charge in [-0.25, -0.2) is 0 Å². The second-order valence-electron chi connectivity index (χ2n) is 6.15. The van der Waals surface area contributed by atoms with Gasteiger partial charge in [-0.3, -0.25) is 9.59 Å². The number of carboxylic acids is 1. The molecule has 1 amide bonds. The van der Waals surface area contributed by atoms with Gasteiger partial charge in [-0.15, -0.1) is 0 Å². The first-order valence-electron chi connectivity index (χ1n) is 8.26. The standard InChI is InChI=1S/C16H30N2O3/c1-2-13(7-10-17)3-5-15(19)18-11-8-14(9-12-18)4-6-16(20)21/h13-14H,2-12,17H2,1H3,(H,20,21). The summed E-state index contributed by atoms with van der Waals surface area (Å²) in [5.41, 5.74) is 5.58. The quantitative estimate of drug-likeness (QED) is 0.684. The Balaban J connectivity index is 2.23. The van der Waals surface area contributed by atoms with Crippen molar-refractivity contribution in [1.82, 2.24) is 4.90 Å². The zero-order chi connectivity index (χ0) is 15.7. The second-order valence-corrected chi connectivity index (χ2v) is 6.15. The van der Waals surface area contributed by atoms with E-state index in [0.717, 1.165) is 51.6 Å². The summed E-state index contributed by atoms with van der Waals surface area (Å²) in [6.45, 7) is 4.42. The van der Waals surface area contributed by atoms with E-state index >= 15 is 0 Å². The molecule has 21 heavy (non-hydrogen) atoms. The van der Waals surface area contributed by atoms with Gasteiger partial charge in [0.1, 0.15) is 0 Å². The summed E-state index contributed by atoms with van der Waals surface area (Å²) < 4.78 is 0. The summed E-state index contributed by atoms with van der Waals surface area (Å²) in [6.07, 6.45) is 6.52. The average Bonchev–Trinajstić information content (AvgIpc) is 2.49. The van der Waals surface area contributed by atoms with Gasteiger partial charge in [0.2, 0.25) is 5.91 Å². The molecule has 1 atom stereocenters. The minimum Gasteiger partial charge on any atom is -0.481 e. The Morgan fingerprint density at radius 2 is 1.90 bits per heavy atom. The molecule has 5 nitrogen and oxygen atoms in total. The van der Waals surface area contributed by atoms with Gasteiger partial charge < -0.3 is 15.7 Å². The minimum absolute atomic E-state index is 0.246. The Hall–Kier alpha value is -1.10. The number of nitrogens with zero attached hydrogens (tertiary/aromatic N) is 1. The van der Waals surface area contributed by atoms with Crippen molar-refractivity contribution < 1.29 is 14.7 Å². The number of hydrogen-bond donors (Lipinski definition) is 2. The molecule has 1 saturated heterocycles. The highest BCUT2D eigenvalue weighted by molar-refractivity contribution is 5.76. The van der Waals surface area contributed by atoms with Crippen LogP contribution in [0.2, 0.25) is 0 Å². The number of rotatable bonds is 9. The second kappa shape index (κ2) is 9.77. The van der Waals surface area contributed by atoms with Crippen LogP contribution in [0, 0.1) is 11.8 Å². The Morgan fingerprint density at radius 1 is 1.24 bits per heavy atom. The molecule has 0 aromatic rings. The van der Waals surface area contributed by atoms with Gasteiger partial charge in [0, 0.05) is 25.9 Å². The van der Waals surface area contributed by atoms with E-state index in [1.54, 1.807) is 0 Å². The lowest BCUT2D eigenvalue weighted by Gasteiger charge is -2.32. The molecule has 1 heterocycles. The number of likely N-dealkylation sites (tertiary alicyclic amines) is 1. The summed E-state index contributed by atoms with van der Waals surface area (Å²) in [5.74, 6) is 0.555. The third-order valence-electron chi connectivity index (χ3n) is 4.65. The third kappa shape index (κ3) is 6.93. The molecule has 0 radical (unpaired) electrons. The number of carbonyl (C=O) groups is 2. The van der Waals surface area contributed by atoms with Gasteiger partial charge in [0.05, 0.1) is 0 Å². The normalized spacial score (nSPS) is 17.7. The van der Waals surface area contributed by atoms with Crippen molar-refractivity contribution in [1.29, 1.82) is 0 Å². The Bertz CT molecular complexity index is 325. The lowest BCUT2D eigenvalue weighted by atomic mass is 9.91. The van der Waals surface area contributed by atoms with E-state index in [1.165, 1.54) is 0 Å². The van der Waals surface area contributed by atoms with Crippen LogP contribution in [0.25, 0.3) is 0 Å². The molecule has 0 aliphatic carbocycles. The molecule has 1 aliphatic rings. The number of carboxylic acid groups (broad SMARTS) is 1. The highest BCUT2D eigenvalue weighted by Crippen LogP contribution is 2.23. The van der Waals surface area contributed by atoms with Crippen molar-refractivity contribution in [3.8, 4) is 0 Å². The van der Waals surface area contributed by atoms with Gasteiger partial charge in [0.25, 0.3) is 0 Å². The number of piperidine rings is 1. The van der Waals surface area contributed by atoms with E-state index in [4.69, 9.17) is 10.8 Å². The molecule has 0 bridgehead atoms. The predicted molar refractivity (Wildman–Crippen MR) is 82.9 cm³/mol. The highest BCUT2D eigenvalue weighted by atomic mass is 16.4. The zero-order valence-corrected chi connectivity index (χ0v) is 13.2. The van der Waals surface area contributed by atoms with Crippen molar-refractivity contribution in [2.24, 2.45) is 17.6 Å². The fraction of sp³-hybridized carbons (Fsp3) is 0.875. The molecule has 3 N–H and O–H groups in total. The molecule has 0 spiro atoms. The monoisotopic (exact) mass is 298 g/mol. The smallest absolute Gasteiger partial charge is 0.303 e. The third-order valence-corrected chi connectivity index (χ3v) is 4.65. The van der Waals surface area contributed by atoms with Crippen molar-refractivity contribution in [3.05, 3.63) is 0 Å². The lowest BCUT2D eigenvalue weighted by Crippen LogP contribution is -2.38. The van der Waals surface area contributed by atoms with Crippen LogP contribution in [0.5, 0.6) is 0 Å². The van der Waals surface area contributed by atoms with Crippen LogP contribution in [-0.4, -0.2) is 41.5 Å². The molecular weight excluding hydrogens is 268 g/mol. The zero-order valence-electron chi connectivity index (χ0n) is 13.2. The molecular formula is C16H30N2O3. The first-order chi connectivity index (χ1) is 10.1. The molecule has 122 valence electrons. The molecule has 0 aromatic carbocycles. The first-order valence-corrected chi connectivity index (χ1v) is 8.26. The number of nitrogens with two attached hydrogens (primary N) is 1. The molecule has 0 aromatic heterocycles. The van der Waals surface area contributed by atoms with E-state index in [1.807, 2.05) is 4.90 Å². The van der Waals surface area contributed by atoms with Crippen LogP contribution in [0.3, 0.4) is 0 Å². The number of hydrogen-bond acceptors (Lipinski definition) is 3. The van der Waals surface area contributed by atoms with Crippen LogP contribution in [0.1, 0.15) is 58.3 Å². The molecule has 0 saturated carbocycles. The highest BCUT2D eigenvalue weighted by Gasteiger charge is 2.23. The van der Waals surface area contributed by atoms with Gasteiger partial charge in [-0.1, -0.05) is 13.3 Å². The van der Waals surface area contributed by atoms with Crippen molar-refractivity contribution in [2.75, 3.05) is 19.6 Å². The van der Waals surface area contributed by atoms with Crippen molar-refractivity contribution in [2.45, 2.75) is 58.3 Å². The van der Waals surface area contributed by atoms with Crippen molar-refractivity contribution >= 4 is 11.9 Å². The molecule has 1 rings (SSSR count). The Morgan fingerprint density at radius 3 is 2.43 bits per heavy atom. The maximum Gasteiger partial charge on any atom is 0.303 e. The number of carbonyl (C=O) groups excluding carboxylic acids is 1. The van der Waals surface area contributed by atoms with Crippen LogP contribution < -0.4 is 5.73 Å². The lowest BCUT2D eigenvalue weighted by molar-refractivity contribution is -0.138. The van der Waals surface area contributed by atoms with Crippen LogP contribution in [-0.2, 0) is 9.59 Å². The fourth-order valence-corrected chi connectivity index (χ4v) is 3.07. The van der Waals surface area contributed by atoms with Crippen LogP contribution >= 0.6 is 0 Å². The Labute approximate surface area is 127 Å². The summed E-state index contributed by atoms with van der Waals surface area (Å²) in [4.78, 5) is 24.7. The largest absolute Gasteiger partial charge is 0.481 e. The van der Waals surface area contributed by atoms with Gasteiger partial charge in [-0.05, 0) is 50.5 Å². The van der Waals surface area contributed by atoms with Crippen LogP contribution in [0.4, 0.5) is 0 Å². The SMILES string of the molecule is CCC(CCN)CCC(=O)N1CCC(CCC(=O)O)CC1. The summed E-state index contributed by atoms with van der Waals surface area (Å²) in [5, 5.41) is 8.70. The van der Waals surface area contributed by atoms with E-state index in [0.29, 0.717) is 24.8 Å². The predicted octanol–water partition coefficient (Wildman–Crippen LogP) is 2.24. The maximum atomic E-state index is 12.2. The summed E-state index contributed by atoms with van der Waals surface area (Å²) in [7, 11) is 0. The van der Waals surface area contributed by atoms with E-state index in [2.05, 4.69) is 6.92 Å². The van der Waals surface area contributed by atoms with Crippen molar-refractivity contribution in [3.63, 3.8) is 0 Å². The van der Waals surface area contributed by atoms with Gasteiger partial charge in [-0.2, -0.15) is 0 Å². The van der Waals surface area contributed by atoms with Gasteiger partial charge in [0.15, 0.2) is 0 Å². The average molecular weight is 298 g/mol. The van der Waals surface area contributed by atoms with E-state index in [-0.39, 0.29) is 12.3 Å². The van der Waals surface area contributed by atoms with E-state index < -0.39 is 5.97 Å². The van der Waals surface area contributed by atoms with E-state index in [9.17, 15) is 9.59 Å². The molecule has 5 heteroatoms. The molecule has 1 aliphatic heterocycles. The first kappa shape index (κ1) is 18.0. The molecule has 1 fully saturated rings. The number of amides is 1. The van der Waals surface area contributed by atoms with Gasteiger partial charge >= 0.3 is 5.97 Å². The number of aliphatic carboxylic acids is 1. The maximum absolute atomic E-state index is 12.2. The Kier molecular flexibility index (Phi) is 8.35. The fourth-order valence-electron chi connectivity index (χ4n) is 3.07.